The number of hydrogen-bond acceptors (Lipinski definition) is 2. The Morgan fingerprint density at radius 2 is 2.00 bits per heavy atom. The molecule has 2 nitrogen and oxygen atoms in total. The molecule has 0 aromatic rings. The molecule has 0 aromatic heterocycles. The van der Waals surface area contributed by atoms with Crippen LogP contribution in [0, 0.1) is 11.8 Å². The predicted molar refractivity (Wildman–Crippen MR) is 74.7 cm³/mol. The van der Waals surface area contributed by atoms with E-state index in [-0.39, 0.29) is 5.60 Å². The molecule has 2 saturated carbocycles. The third kappa shape index (κ3) is 2.46. The summed E-state index contributed by atoms with van der Waals surface area (Å²) < 4.78 is 6.64. The van der Waals surface area contributed by atoms with Gasteiger partial charge in [-0.3, -0.25) is 0 Å². The summed E-state index contributed by atoms with van der Waals surface area (Å²) in [4.78, 5) is 0. The number of hydrogen-bond donors (Lipinski definition) is 1. The molecule has 2 heteroatoms. The van der Waals surface area contributed by atoms with E-state index in [1.807, 2.05) is 0 Å². The van der Waals surface area contributed by atoms with E-state index < -0.39 is 0 Å². The Labute approximate surface area is 112 Å². The molecule has 3 fully saturated rings. The summed E-state index contributed by atoms with van der Waals surface area (Å²) in [5, 5.41) is 3.68. The average Bonchev–Trinajstić information content (AvgIpc) is 3.00. The topological polar surface area (TPSA) is 21.3 Å². The molecule has 1 N–H and O–H groups in total. The Bertz CT molecular complexity index is 274. The van der Waals surface area contributed by atoms with Crippen LogP contribution in [0.4, 0.5) is 0 Å². The highest BCUT2D eigenvalue weighted by Crippen LogP contribution is 2.43. The first-order valence-corrected chi connectivity index (χ1v) is 8.21. The van der Waals surface area contributed by atoms with Crippen LogP contribution >= 0.6 is 0 Å². The smallest absolute Gasteiger partial charge is 0.0838 e. The van der Waals surface area contributed by atoms with E-state index in [9.17, 15) is 0 Å². The van der Waals surface area contributed by atoms with Crippen molar-refractivity contribution in [2.45, 2.75) is 76.4 Å². The Morgan fingerprint density at radius 3 is 2.78 bits per heavy atom. The summed E-state index contributed by atoms with van der Waals surface area (Å²) in [5.74, 6) is 1.75. The Balaban J connectivity index is 1.60. The van der Waals surface area contributed by atoms with Crippen LogP contribution in [0.5, 0.6) is 0 Å². The van der Waals surface area contributed by atoms with Gasteiger partial charge in [-0.05, 0) is 31.1 Å². The SMILES string of the molecule is CCC1CCCC12CNCC(CC1CCCC1)O2. The van der Waals surface area contributed by atoms with Gasteiger partial charge in [0.15, 0.2) is 0 Å². The van der Waals surface area contributed by atoms with Crippen LogP contribution < -0.4 is 5.32 Å². The zero-order chi connectivity index (χ0) is 12.4. The lowest BCUT2D eigenvalue weighted by molar-refractivity contribution is -0.142. The quantitative estimate of drug-likeness (QED) is 0.829. The van der Waals surface area contributed by atoms with Crippen molar-refractivity contribution >= 4 is 0 Å². The van der Waals surface area contributed by atoms with Gasteiger partial charge in [0.1, 0.15) is 0 Å². The second-order valence-electron chi connectivity index (χ2n) is 6.82. The zero-order valence-corrected chi connectivity index (χ0v) is 11.9. The lowest BCUT2D eigenvalue weighted by Crippen LogP contribution is -2.55. The van der Waals surface area contributed by atoms with Crippen molar-refractivity contribution < 1.29 is 4.74 Å². The van der Waals surface area contributed by atoms with E-state index in [0.717, 1.165) is 24.9 Å². The van der Waals surface area contributed by atoms with Gasteiger partial charge in [0.05, 0.1) is 11.7 Å². The number of nitrogens with one attached hydrogen (secondary N) is 1. The van der Waals surface area contributed by atoms with E-state index in [4.69, 9.17) is 4.74 Å². The van der Waals surface area contributed by atoms with Gasteiger partial charge in [0.2, 0.25) is 0 Å². The van der Waals surface area contributed by atoms with Crippen molar-refractivity contribution in [1.29, 1.82) is 0 Å². The molecule has 1 heterocycles. The Hall–Kier alpha value is -0.0800. The number of ether oxygens (including phenoxy) is 1. The van der Waals surface area contributed by atoms with E-state index in [2.05, 4.69) is 12.2 Å². The Kier molecular flexibility index (Phi) is 3.95. The van der Waals surface area contributed by atoms with Crippen LogP contribution in [0.25, 0.3) is 0 Å². The summed E-state index contributed by atoms with van der Waals surface area (Å²) >= 11 is 0. The third-order valence-electron chi connectivity index (χ3n) is 5.66. The first-order valence-electron chi connectivity index (χ1n) is 8.21. The monoisotopic (exact) mass is 251 g/mol. The second kappa shape index (κ2) is 5.50. The predicted octanol–water partition coefficient (Wildman–Crippen LogP) is 3.50. The molecule has 0 amide bonds. The highest BCUT2D eigenvalue weighted by molar-refractivity contribution is 4.98. The van der Waals surface area contributed by atoms with Crippen molar-refractivity contribution in [2.75, 3.05) is 13.1 Å². The fourth-order valence-corrected chi connectivity index (χ4v) is 4.69. The van der Waals surface area contributed by atoms with Gasteiger partial charge in [-0.1, -0.05) is 45.4 Å². The molecule has 0 radical (unpaired) electrons. The lowest BCUT2D eigenvalue weighted by atomic mass is 9.86. The summed E-state index contributed by atoms with van der Waals surface area (Å²) in [6.45, 7) is 4.53. The normalized spacial score (nSPS) is 41.8. The number of morpholine rings is 1. The van der Waals surface area contributed by atoms with Crippen molar-refractivity contribution in [3.8, 4) is 0 Å². The van der Waals surface area contributed by atoms with Gasteiger partial charge in [-0.15, -0.1) is 0 Å². The molecule has 18 heavy (non-hydrogen) atoms. The van der Waals surface area contributed by atoms with E-state index in [0.29, 0.717) is 6.10 Å². The van der Waals surface area contributed by atoms with Crippen molar-refractivity contribution in [3.05, 3.63) is 0 Å². The van der Waals surface area contributed by atoms with Gasteiger partial charge < -0.3 is 10.1 Å². The molecule has 3 unspecified atom stereocenters. The Morgan fingerprint density at radius 1 is 1.17 bits per heavy atom. The van der Waals surface area contributed by atoms with Gasteiger partial charge in [0.25, 0.3) is 0 Å². The maximum absolute atomic E-state index is 6.64. The molecule has 0 bridgehead atoms. The zero-order valence-electron chi connectivity index (χ0n) is 11.9. The fourth-order valence-electron chi connectivity index (χ4n) is 4.69. The molecule has 104 valence electrons. The maximum Gasteiger partial charge on any atom is 0.0838 e. The number of rotatable bonds is 3. The minimum absolute atomic E-state index is 0.205. The van der Waals surface area contributed by atoms with Crippen LogP contribution in [0.15, 0.2) is 0 Å². The van der Waals surface area contributed by atoms with Crippen LogP contribution in [-0.4, -0.2) is 24.8 Å². The first-order chi connectivity index (χ1) is 8.82. The molecule has 0 aromatic carbocycles. The molecule has 3 atom stereocenters. The summed E-state index contributed by atoms with van der Waals surface area (Å²) in [6, 6.07) is 0. The first kappa shape index (κ1) is 12.9. The third-order valence-corrected chi connectivity index (χ3v) is 5.66. The summed E-state index contributed by atoms with van der Waals surface area (Å²) in [6.07, 6.45) is 12.9. The molecule has 3 aliphatic rings. The summed E-state index contributed by atoms with van der Waals surface area (Å²) in [5.41, 5.74) is 0.205. The van der Waals surface area contributed by atoms with E-state index in [1.165, 1.54) is 57.8 Å². The van der Waals surface area contributed by atoms with Crippen LogP contribution in [0.1, 0.15) is 64.7 Å². The lowest BCUT2D eigenvalue weighted by Gasteiger charge is -2.43. The standard InChI is InChI=1S/C16H29NO/c1-2-14-8-5-9-16(14)12-17-11-15(18-16)10-13-6-3-4-7-13/h13-15,17H,2-12H2,1H3. The van der Waals surface area contributed by atoms with Crippen LogP contribution in [-0.2, 0) is 4.74 Å². The molecule has 1 aliphatic heterocycles. The van der Waals surface area contributed by atoms with Crippen LogP contribution in [0.3, 0.4) is 0 Å². The molecule has 1 spiro atoms. The average molecular weight is 251 g/mol. The molecule has 2 aliphatic carbocycles. The summed E-state index contributed by atoms with van der Waals surface area (Å²) in [7, 11) is 0. The highest BCUT2D eigenvalue weighted by Gasteiger charge is 2.46. The molecule has 3 rings (SSSR count). The molecular weight excluding hydrogens is 222 g/mol. The maximum atomic E-state index is 6.64. The van der Waals surface area contributed by atoms with Gasteiger partial charge in [-0.2, -0.15) is 0 Å². The van der Waals surface area contributed by atoms with E-state index in [1.54, 1.807) is 0 Å². The molecule has 1 saturated heterocycles. The minimum atomic E-state index is 0.205. The van der Waals surface area contributed by atoms with E-state index >= 15 is 0 Å². The highest BCUT2D eigenvalue weighted by atomic mass is 16.5. The van der Waals surface area contributed by atoms with Gasteiger partial charge in [0, 0.05) is 13.1 Å². The van der Waals surface area contributed by atoms with Gasteiger partial charge >= 0.3 is 0 Å². The second-order valence-corrected chi connectivity index (χ2v) is 6.82. The van der Waals surface area contributed by atoms with Crippen molar-refractivity contribution in [3.63, 3.8) is 0 Å². The fraction of sp³-hybridized carbons (Fsp3) is 1.00. The minimum Gasteiger partial charge on any atom is -0.369 e. The largest absolute Gasteiger partial charge is 0.369 e. The van der Waals surface area contributed by atoms with Crippen molar-refractivity contribution in [1.82, 2.24) is 5.32 Å². The van der Waals surface area contributed by atoms with Gasteiger partial charge in [-0.25, -0.2) is 0 Å². The molecular formula is C16H29NO. The van der Waals surface area contributed by atoms with Crippen molar-refractivity contribution in [2.24, 2.45) is 11.8 Å². The van der Waals surface area contributed by atoms with Crippen LogP contribution in [0.2, 0.25) is 0 Å².